The zero-order chi connectivity index (χ0) is 14.5. The van der Waals surface area contributed by atoms with Gasteiger partial charge in [0.05, 0.1) is 0 Å². The third-order valence-electron chi connectivity index (χ3n) is 2.91. The van der Waals surface area contributed by atoms with Crippen LogP contribution in [0, 0.1) is 0 Å². The summed E-state index contributed by atoms with van der Waals surface area (Å²) in [6.45, 7) is 2.07. The molecule has 0 fully saturated rings. The van der Waals surface area contributed by atoms with Crippen molar-refractivity contribution < 1.29 is 4.79 Å². The summed E-state index contributed by atoms with van der Waals surface area (Å²) in [5, 5.41) is 9.73. The van der Waals surface area contributed by atoms with E-state index in [0.717, 1.165) is 27.9 Å². The molecule has 0 aliphatic carbocycles. The number of halogens is 1. The lowest BCUT2D eigenvalue weighted by molar-refractivity contribution is -0.118. The molecule has 6 heteroatoms. The number of carbonyl (C=O) groups is 1. The Labute approximate surface area is 131 Å². The number of hydrogen-bond donors (Lipinski definition) is 0. The Kier molecular flexibility index (Phi) is 5.25. The molecule has 0 aliphatic heterocycles. The fraction of sp³-hybridized carbons (Fsp3) is 0.357. The zero-order valence-electron chi connectivity index (χ0n) is 11.5. The number of amides is 1. The van der Waals surface area contributed by atoms with Crippen LogP contribution in [0.25, 0.3) is 10.6 Å². The van der Waals surface area contributed by atoms with Gasteiger partial charge in [-0.25, -0.2) is 0 Å². The smallest absolute Gasteiger partial charge is 0.228 e. The molecule has 1 amide bonds. The lowest BCUT2D eigenvalue weighted by atomic mass is 10.2. The lowest BCUT2D eigenvalue weighted by Gasteiger charge is -2.12. The number of nitrogens with zero attached hydrogens (tertiary/aromatic N) is 3. The normalized spacial score (nSPS) is 10.6. The molecule has 20 heavy (non-hydrogen) atoms. The molecule has 2 aromatic rings. The van der Waals surface area contributed by atoms with Crippen LogP contribution in [0.5, 0.6) is 0 Å². The summed E-state index contributed by atoms with van der Waals surface area (Å²) in [6, 6.07) is 7.89. The first-order valence-electron chi connectivity index (χ1n) is 6.48. The van der Waals surface area contributed by atoms with E-state index in [9.17, 15) is 4.79 Å². The largest absolute Gasteiger partial charge is 0.290 e. The van der Waals surface area contributed by atoms with E-state index < -0.39 is 0 Å². The minimum absolute atomic E-state index is 0.0883. The summed E-state index contributed by atoms with van der Waals surface area (Å²) >= 11 is 4.83. The second-order valence-electron chi connectivity index (χ2n) is 4.45. The minimum atomic E-state index is 0.0883. The monoisotopic (exact) mass is 353 g/mol. The molecular weight excluding hydrogens is 338 g/mol. The van der Waals surface area contributed by atoms with Gasteiger partial charge in [0.1, 0.15) is 5.01 Å². The summed E-state index contributed by atoms with van der Waals surface area (Å²) in [5.74, 6) is 0.0883. The molecule has 0 atom stereocenters. The van der Waals surface area contributed by atoms with Crippen molar-refractivity contribution in [2.75, 3.05) is 11.9 Å². The lowest BCUT2D eigenvalue weighted by Crippen LogP contribution is -2.25. The molecule has 2 rings (SSSR count). The van der Waals surface area contributed by atoms with E-state index in [0.29, 0.717) is 11.6 Å². The number of hydrogen-bond acceptors (Lipinski definition) is 4. The van der Waals surface area contributed by atoms with Crippen molar-refractivity contribution in [3.63, 3.8) is 0 Å². The first kappa shape index (κ1) is 15.1. The molecule has 0 N–H and O–H groups in total. The maximum atomic E-state index is 12.0. The van der Waals surface area contributed by atoms with Gasteiger partial charge in [0, 0.05) is 23.5 Å². The van der Waals surface area contributed by atoms with Crippen LogP contribution in [0.4, 0.5) is 5.13 Å². The molecule has 0 aliphatic rings. The second kappa shape index (κ2) is 6.95. The van der Waals surface area contributed by atoms with E-state index in [4.69, 9.17) is 0 Å². The highest BCUT2D eigenvalue weighted by Crippen LogP contribution is 2.29. The molecular formula is C14H16BrN3OS. The van der Waals surface area contributed by atoms with Crippen molar-refractivity contribution in [3.8, 4) is 10.6 Å². The molecule has 0 spiro atoms. The Balaban J connectivity index is 2.12. The number of anilines is 1. The second-order valence-corrected chi connectivity index (χ2v) is 6.32. The van der Waals surface area contributed by atoms with Crippen LogP contribution in [0.2, 0.25) is 0 Å². The summed E-state index contributed by atoms with van der Waals surface area (Å²) < 4.78 is 1.03. The molecule has 4 nitrogen and oxygen atoms in total. The highest BCUT2D eigenvalue weighted by Gasteiger charge is 2.15. The van der Waals surface area contributed by atoms with Gasteiger partial charge in [0.25, 0.3) is 0 Å². The van der Waals surface area contributed by atoms with Crippen LogP contribution in [-0.2, 0) is 4.79 Å². The van der Waals surface area contributed by atoms with Crippen molar-refractivity contribution in [2.45, 2.75) is 26.2 Å². The molecule has 1 aromatic heterocycles. The average molecular weight is 354 g/mol. The number of aromatic nitrogens is 2. The molecule has 0 bridgehead atoms. The Hall–Kier alpha value is -1.27. The third kappa shape index (κ3) is 3.64. The first-order valence-corrected chi connectivity index (χ1v) is 8.08. The SMILES string of the molecule is CCCCC(=O)N(C)c1nnc(-c2ccc(Br)cc2)s1. The van der Waals surface area contributed by atoms with E-state index in [1.54, 1.807) is 11.9 Å². The van der Waals surface area contributed by atoms with E-state index in [-0.39, 0.29) is 5.91 Å². The predicted molar refractivity (Wildman–Crippen MR) is 86.0 cm³/mol. The fourth-order valence-corrected chi connectivity index (χ4v) is 2.76. The quantitative estimate of drug-likeness (QED) is 0.811. The van der Waals surface area contributed by atoms with Gasteiger partial charge in [0.2, 0.25) is 11.0 Å². The summed E-state index contributed by atoms with van der Waals surface area (Å²) in [4.78, 5) is 13.5. The van der Waals surface area contributed by atoms with Crippen LogP contribution in [0.15, 0.2) is 28.7 Å². The topological polar surface area (TPSA) is 46.1 Å². The summed E-state index contributed by atoms with van der Waals surface area (Å²) in [5.41, 5.74) is 1.01. The van der Waals surface area contributed by atoms with Gasteiger partial charge in [-0.15, -0.1) is 10.2 Å². The maximum Gasteiger partial charge on any atom is 0.228 e. The van der Waals surface area contributed by atoms with E-state index >= 15 is 0 Å². The van der Waals surface area contributed by atoms with Gasteiger partial charge in [0.15, 0.2) is 0 Å². The number of unbranched alkanes of at least 4 members (excludes halogenated alkanes) is 1. The van der Waals surface area contributed by atoms with Crippen molar-refractivity contribution in [1.29, 1.82) is 0 Å². The highest BCUT2D eigenvalue weighted by atomic mass is 79.9. The molecule has 1 heterocycles. The first-order chi connectivity index (χ1) is 9.61. The fourth-order valence-electron chi connectivity index (χ4n) is 1.66. The van der Waals surface area contributed by atoms with Crippen molar-refractivity contribution in [2.24, 2.45) is 0 Å². The van der Waals surface area contributed by atoms with E-state index in [1.807, 2.05) is 24.3 Å². The Bertz CT molecular complexity index is 582. The Morgan fingerprint density at radius 3 is 2.65 bits per heavy atom. The predicted octanol–water partition coefficient (Wildman–Crippen LogP) is 4.12. The molecule has 0 saturated heterocycles. The molecule has 1 aromatic carbocycles. The molecule has 0 saturated carbocycles. The van der Waals surface area contributed by atoms with Gasteiger partial charge in [-0.05, 0) is 18.6 Å². The number of rotatable bonds is 5. The average Bonchev–Trinajstić information content (AvgIpc) is 2.94. The molecule has 106 valence electrons. The van der Waals surface area contributed by atoms with Gasteiger partial charge in [-0.1, -0.05) is 52.7 Å². The number of carbonyl (C=O) groups excluding carboxylic acids is 1. The summed E-state index contributed by atoms with van der Waals surface area (Å²) in [6.07, 6.45) is 2.47. The van der Waals surface area contributed by atoms with Crippen LogP contribution >= 0.6 is 27.3 Å². The van der Waals surface area contributed by atoms with Crippen molar-refractivity contribution in [1.82, 2.24) is 10.2 Å². The van der Waals surface area contributed by atoms with Gasteiger partial charge in [-0.2, -0.15) is 0 Å². The summed E-state index contributed by atoms with van der Waals surface area (Å²) in [7, 11) is 1.75. The van der Waals surface area contributed by atoms with Gasteiger partial charge in [-0.3, -0.25) is 9.69 Å². The van der Waals surface area contributed by atoms with Crippen LogP contribution in [0.3, 0.4) is 0 Å². The van der Waals surface area contributed by atoms with E-state index in [1.165, 1.54) is 11.3 Å². The van der Waals surface area contributed by atoms with E-state index in [2.05, 4.69) is 33.1 Å². The van der Waals surface area contributed by atoms with Crippen LogP contribution in [0.1, 0.15) is 26.2 Å². The van der Waals surface area contributed by atoms with Crippen molar-refractivity contribution in [3.05, 3.63) is 28.7 Å². The van der Waals surface area contributed by atoms with Gasteiger partial charge < -0.3 is 0 Å². The van der Waals surface area contributed by atoms with Gasteiger partial charge >= 0.3 is 0 Å². The minimum Gasteiger partial charge on any atom is -0.290 e. The molecule has 0 unspecified atom stereocenters. The van der Waals surface area contributed by atoms with Crippen molar-refractivity contribution >= 4 is 38.3 Å². The Morgan fingerprint density at radius 2 is 2.00 bits per heavy atom. The third-order valence-corrected chi connectivity index (χ3v) is 4.49. The standard InChI is InChI=1S/C14H16BrN3OS/c1-3-4-5-12(19)18(2)14-17-16-13(20-14)10-6-8-11(15)9-7-10/h6-9H,3-5H2,1-2H3. The van der Waals surface area contributed by atoms with Crippen LogP contribution < -0.4 is 4.90 Å². The number of benzene rings is 1. The zero-order valence-corrected chi connectivity index (χ0v) is 13.9. The van der Waals surface area contributed by atoms with Crippen LogP contribution in [-0.4, -0.2) is 23.2 Å². The molecule has 0 radical (unpaired) electrons. The maximum absolute atomic E-state index is 12.0. The highest BCUT2D eigenvalue weighted by molar-refractivity contribution is 9.10. The Morgan fingerprint density at radius 1 is 1.30 bits per heavy atom.